The second-order valence-corrected chi connectivity index (χ2v) is 3.28. The molecule has 0 aliphatic heterocycles. The van der Waals surface area contributed by atoms with Gasteiger partial charge in [0.25, 0.3) is 0 Å². The van der Waals surface area contributed by atoms with E-state index in [1.807, 2.05) is 0 Å². The van der Waals surface area contributed by atoms with Gasteiger partial charge in [-0.1, -0.05) is 0 Å². The van der Waals surface area contributed by atoms with Gasteiger partial charge in [0, 0.05) is 61.7 Å². The number of hydrogen-bond acceptors (Lipinski definition) is 3. The minimum atomic E-state index is -0.167. The first-order valence-electron chi connectivity index (χ1n) is 4.24. The van der Waals surface area contributed by atoms with Crippen molar-refractivity contribution in [1.82, 2.24) is 0 Å². The maximum Gasteiger partial charge on any atom is 0.0483 e. The third-order valence-corrected chi connectivity index (χ3v) is 0. The molecule has 0 amide bonds. The van der Waals surface area contributed by atoms with E-state index in [2.05, 4.69) is 0 Å². The van der Waals surface area contributed by atoms with Crippen LogP contribution in [0.4, 0.5) is 0 Å². The van der Waals surface area contributed by atoms with Crippen LogP contribution in [0.1, 0.15) is 41.5 Å². The molecule has 0 aromatic carbocycles. The van der Waals surface area contributed by atoms with Crippen LogP contribution in [-0.4, -0.2) is 33.6 Å². The minimum absolute atomic E-state index is 0. The summed E-state index contributed by atoms with van der Waals surface area (Å²) < 4.78 is 0. The molecule has 0 aliphatic carbocycles. The third-order valence-electron chi connectivity index (χ3n) is 0. The van der Waals surface area contributed by atoms with Gasteiger partial charge in [0.15, 0.2) is 0 Å². The molecule has 0 spiro atoms. The first-order chi connectivity index (χ1) is 5.20. The van der Waals surface area contributed by atoms with E-state index >= 15 is 0 Å². The van der Waals surface area contributed by atoms with Crippen molar-refractivity contribution in [3.05, 3.63) is 0 Å². The molecule has 14 heavy (non-hydrogen) atoms. The minimum Gasteiger partial charge on any atom is -0.394 e. The maximum atomic E-state index is 8.06. The molecule has 0 saturated heterocycles. The molecule has 0 fully saturated rings. The summed E-state index contributed by atoms with van der Waals surface area (Å²) in [5.74, 6) is 0. The van der Waals surface area contributed by atoms with Crippen molar-refractivity contribution in [3.63, 3.8) is 0 Å². The summed E-state index contributed by atoms with van der Waals surface area (Å²) in [6.07, 6.45) is -0.500. The molecule has 0 heterocycles. The Morgan fingerprint density at radius 2 is 0.500 bits per heavy atom. The van der Waals surface area contributed by atoms with Crippen molar-refractivity contribution in [2.75, 3.05) is 0 Å². The van der Waals surface area contributed by atoms with Gasteiger partial charge in [0.2, 0.25) is 0 Å². The van der Waals surface area contributed by atoms with Gasteiger partial charge in [-0.15, -0.1) is 0 Å². The zero-order chi connectivity index (χ0) is 10.7. The van der Waals surface area contributed by atoms with Crippen molar-refractivity contribution < 1.29 is 58.8 Å². The molecule has 0 aliphatic rings. The van der Waals surface area contributed by atoms with Crippen molar-refractivity contribution >= 4 is 0 Å². The van der Waals surface area contributed by atoms with Crippen molar-refractivity contribution in [2.24, 2.45) is 0 Å². The third kappa shape index (κ3) is 1180. The van der Waals surface area contributed by atoms with Crippen LogP contribution in [0.5, 0.6) is 0 Å². The summed E-state index contributed by atoms with van der Waals surface area (Å²) >= 11 is 0. The van der Waals surface area contributed by atoms with Crippen LogP contribution >= 0.6 is 0 Å². The Labute approximate surface area is 118 Å². The second-order valence-electron chi connectivity index (χ2n) is 3.28. The number of aliphatic hydroxyl groups is 3. The van der Waals surface area contributed by atoms with E-state index in [1.54, 1.807) is 41.5 Å². The van der Waals surface area contributed by atoms with Gasteiger partial charge in [0.05, 0.1) is 0 Å². The van der Waals surface area contributed by atoms with Gasteiger partial charge >= 0.3 is 0 Å². The molecular weight excluding hydrogens is 252 g/mol. The van der Waals surface area contributed by atoms with E-state index < -0.39 is 0 Å². The average Bonchev–Trinajstić information content (AvgIpc) is 1.54. The Balaban J connectivity index is -0.0000000270. The fourth-order valence-corrected chi connectivity index (χ4v) is 0. The largest absolute Gasteiger partial charge is 0.394 e. The normalized spacial score (nSPS) is 7.71. The maximum absolute atomic E-state index is 8.06. The summed E-state index contributed by atoms with van der Waals surface area (Å²) in [4.78, 5) is 0. The molecule has 0 rings (SSSR count). The standard InChI is InChI=1S/3C3H8O.2Ti/c3*1-3(2)4;;/h3*3-4H,1-2H3;;. The van der Waals surface area contributed by atoms with E-state index in [1.165, 1.54) is 0 Å². The Morgan fingerprint density at radius 3 is 0.500 bits per heavy atom. The molecule has 3 N–H and O–H groups in total. The predicted molar refractivity (Wildman–Crippen MR) is 52.1 cm³/mol. The van der Waals surface area contributed by atoms with E-state index in [0.717, 1.165) is 0 Å². The van der Waals surface area contributed by atoms with Crippen LogP contribution in [0.3, 0.4) is 0 Å². The Kier molecular flexibility index (Phi) is 50.2. The fourth-order valence-electron chi connectivity index (χ4n) is 0. The summed E-state index contributed by atoms with van der Waals surface area (Å²) in [5.41, 5.74) is 0. The zero-order valence-corrected chi connectivity index (χ0v) is 13.2. The van der Waals surface area contributed by atoms with Crippen LogP contribution in [0.25, 0.3) is 0 Å². The van der Waals surface area contributed by atoms with Gasteiger partial charge in [0.1, 0.15) is 0 Å². The SMILES string of the molecule is CC(C)O.CC(C)O.CC(C)O.[Ti].[Ti]. The first kappa shape index (κ1) is 29.5. The molecule has 0 aromatic rings. The zero-order valence-electron chi connectivity index (χ0n) is 10.1. The van der Waals surface area contributed by atoms with Crippen LogP contribution in [0, 0.1) is 0 Å². The second kappa shape index (κ2) is 23.8. The molecule has 0 atom stereocenters. The van der Waals surface area contributed by atoms with Crippen molar-refractivity contribution in [3.8, 4) is 0 Å². The Morgan fingerprint density at radius 1 is 0.500 bits per heavy atom. The van der Waals surface area contributed by atoms with E-state index in [-0.39, 0.29) is 61.7 Å². The smallest absolute Gasteiger partial charge is 0.0483 e. The van der Waals surface area contributed by atoms with Gasteiger partial charge in [-0.3, -0.25) is 0 Å². The number of aliphatic hydroxyl groups excluding tert-OH is 3. The molecule has 5 heteroatoms. The topological polar surface area (TPSA) is 60.7 Å². The average molecular weight is 276 g/mol. The van der Waals surface area contributed by atoms with Crippen LogP contribution in [-0.2, 0) is 43.4 Å². The van der Waals surface area contributed by atoms with Gasteiger partial charge < -0.3 is 15.3 Å². The van der Waals surface area contributed by atoms with Crippen LogP contribution in [0.15, 0.2) is 0 Å². The van der Waals surface area contributed by atoms with E-state index in [4.69, 9.17) is 15.3 Å². The molecule has 0 aromatic heterocycles. The summed E-state index contributed by atoms with van der Waals surface area (Å²) in [6, 6.07) is 0. The predicted octanol–water partition coefficient (Wildman–Crippen LogP) is 1.16. The molecule has 0 saturated carbocycles. The molecule has 0 radical (unpaired) electrons. The molecular formula is C9H24O3Ti2. The monoisotopic (exact) mass is 276 g/mol. The van der Waals surface area contributed by atoms with E-state index in [9.17, 15) is 0 Å². The molecule has 0 unspecified atom stereocenters. The first-order valence-corrected chi connectivity index (χ1v) is 4.24. The summed E-state index contributed by atoms with van der Waals surface area (Å²) in [7, 11) is 0. The van der Waals surface area contributed by atoms with Gasteiger partial charge in [-0.25, -0.2) is 0 Å². The van der Waals surface area contributed by atoms with E-state index in [0.29, 0.717) is 0 Å². The fraction of sp³-hybridized carbons (Fsp3) is 1.00. The van der Waals surface area contributed by atoms with Crippen molar-refractivity contribution in [1.29, 1.82) is 0 Å². The van der Waals surface area contributed by atoms with Crippen LogP contribution < -0.4 is 0 Å². The van der Waals surface area contributed by atoms with Crippen LogP contribution in [0.2, 0.25) is 0 Å². The quantitative estimate of drug-likeness (QED) is 0.582. The summed E-state index contributed by atoms with van der Waals surface area (Å²) in [5, 5.41) is 24.2. The Bertz CT molecular complexity index is 46.5. The number of rotatable bonds is 0. The van der Waals surface area contributed by atoms with Crippen molar-refractivity contribution in [2.45, 2.75) is 59.9 Å². The molecule has 3 nitrogen and oxygen atoms in total. The summed E-state index contributed by atoms with van der Waals surface area (Å²) in [6.45, 7) is 10.3. The molecule has 0 bridgehead atoms. The van der Waals surface area contributed by atoms with Gasteiger partial charge in [-0.05, 0) is 41.5 Å². The molecule has 86 valence electrons. The Hall–Kier alpha value is 1.31. The van der Waals surface area contributed by atoms with Gasteiger partial charge in [-0.2, -0.15) is 0 Å². The number of hydrogen-bond donors (Lipinski definition) is 3.